The van der Waals surface area contributed by atoms with E-state index in [1.165, 1.54) is 6.33 Å². The molecule has 1 aromatic heterocycles. The van der Waals surface area contributed by atoms with E-state index in [9.17, 15) is 9.90 Å². The Labute approximate surface area is 107 Å². The predicted molar refractivity (Wildman–Crippen MR) is 66.8 cm³/mol. The van der Waals surface area contributed by atoms with Gasteiger partial charge in [0.1, 0.15) is 6.33 Å². The monoisotopic (exact) mass is 249 g/mol. The molecule has 1 N–H and O–H groups in total. The van der Waals surface area contributed by atoms with E-state index in [0.717, 1.165) is 12.2 Å². The van der Waals surface area contributed by atoms with Crippen LogP contribution in [-0.2, 0) is 11.3 Å². The maximum Gasteiger partial charge on any atom is 0.311 e. The summed E-state index contributed by atoms with van der Waals surface area (Å²) in [5, 5.41) is 9.47. The molecule has 5 nitrogen and oxygen atoms in total. The fraction of sp³-hybridized carbons (Fsp3) is 0.615. The highest BCUT2D eigenvalue weighted by Crippen LogP contribution is 2.38. The van der Waals surface area contributed by atoms with Crippen molar-refractivity contribution in [1.29, 1.82) is 0 Å². The van der Waals surface area contributed by atoms with E-state index in [4.69, 9.17) is 0 Å². The topological polar surface area (TPSA) is 66.3 Å². The number of aromatic nitrogens is 2. The highest BCUT2D eigenvalue weighted by molar-refractivity contribution is 5.75. The lowest BCUT2D eigenvalue weighted by Gasteiger charge is -2.28. The molecule has 0 amide bonds. The van der Waals surface area contributed by atoms with E-state index in [-0.39, 0.29) is 5.92 Å². The minimum absolute atomic E-state index is 0.144. The van der Waals surface area contributed by atoms with Gasteiger partial charge in [-0.15, -0.1) is 0 Å². The third-order valence-electron chi connectivity index (χ3n) is 3.94. The first-order valence-corrected chi connectivity index (χ1v) is 6.25. The molecule has 1 saturated heterocycles. The van der Waals surface area contributed by atoms with E-state index in [1.807, 2.05) is 19.9 Å². The van der Waals surface area contributed by atoms with Gasteiger partial charge in [0.15, 0.2) is 0 Å². The van der Waals surface area contributed by atoms with Crippen molar-refractivity contribution in [3.63, 3.8) is 0 Å². The molecule has 2 heterocycles. The molecule has 0 bridgehead atoms. The molecule has 0 aliphatic carbocycles. The molecule has 1 aromatic rings. The zero-order chi connectivity index (χ0) is 13.2. The van der Waals surface area contributed by atoms with Crippen LogP contribution in [0.25, 0.3) is 0 Å². The van der Waals surface area contributed by atoms with Gasteiger partial charge >= 0.3 is 5.97 Å². The van der Waals surface area contributed by atoms with Crippen molar-refractivity contribution in [3.05, 3.63) is 24.3 Å². The van der Waals surface area contributed by atoms with Crippen molar-refractivity contribution in [2.45, 2.75) is 26.8 Å². The maximum atomic E-state index is 11.5. The largest absolute Gasteiger partial charge is 0.481 e. The van der Waals surface area contributed by atoms with Crippen molar-refractivity contribution in [2.24, 2.45) is 11.3 Å². The fourth-order valence-corrected chi connectivity index (χ4v) is 2.58. The van der Waals surface area contributed by atoms with Gasteiger partial charge in [0.2, 0.25) is 0 Å². The number of nitrogens with zero attached hydrogens (tertiary/aromatic N) is 3. The van der Waals surface area contributed by atoms with Crippen LogP contribution < -0.4 is 0 Å². The zero-order valence-corrected chi connectivity index (χ0v) is 10.8. The second-order valence-electron chi connectivity index (χ2n) is 5.28. The Hall–Kier alpha value is -1.49. The number of carbonyl (C=O) groups is 1. The smallest absolute Gasteiger partial charge is 0.311 e. The van der Waals surface area contributed by atoms with Crippen LogP contribution >= 0.6 is 0 Å². The van der Waals surface area contributed by atoms with Crippen LogP contribution in [-0.4, -0.2) is 39.0 Å². The molecule has 5 heteroatoms. The molecular formula is C13H19N3O2. The molecule has 98 valence electrons. The van der Waals surface area contributed by atoms with Gasteiger partial charge in [-0.05, 0) is 24.9 Å². The average Bonchev–Trinajstić information content (AvgIpc) is 2.76. The van der Waals surface area contributed by atoms with Gasteiger partial charge in [-0.25, -0.2) is 9.97 Å². The lowest BCUT2D eigenvalue weighted by Crippen LogP contribution is -2.39. The Morgan fingerprint density at radius 3 is 2.89 bits per heavy atom. The molecule has 1 aliphatic heterocycles. The van der Waals surface area contributed by atoms with Gasteiger partial charge < -0.3 is 5.11 Å². The second-order valence-corrected chi connectivity index (χ2v) is 5.28. The minimum atomic E-state index is -0.678. The summed E-state index contributed by atoms with van der Waals surface area (Å²) in [7, 11) is 0. The summed E-state index contributed by atoms with van der Waals surface area (Å²) < 4.78 is 0. The molecule has 1 atom stereocenters. The third kappa shape index (κ3) is 2.36. The van der Waals surface area contributed by atoms with Crippen molar-refractivity contribution in [1.82, 2.24) is 14.9 Å². The van der Waals surface area contributed by atoms with Gasteiger partial charge in [-0.3, -0.25) is 9.69 Å². The lowest BCUT2D eigenvalue weighted by atomic mass is 9.76. The van der Waals surface area contributed by atoms with Gasteiger partial charge in [0.25, 0.3) is 0 Å². The standard InChI is InChI=1S/C13H19N3O2/c1-10(2)13(12(17)18)4-6-16(8-13)7-11-3-5-14-9-15-11/h3,5,9-10H,4,6-8H2,1-2H3,(H,17,18). The first kappa shape index (κ1) is 13.0. The maximum absolute atomic E-state index is 11.5. The average molecular weight is 249 g/mol. The Morgan fingerprint density at radius 1 is 1.61 bits per heavy atom. The summed E-state index contributed by atoms with van der Waals surface area (Å²) in [6.07, 6.45) is 3.95. The van der Waals surface area contributed by atoms with Crippen LogP contribution in [0.1, 0.15) is 26.0 Å². The molecule has 0 saturated carbocycles. The third-order valence-corrected chi connectivity index (χ3v) is 3.94. The van der Waals surface area contributed by atoms with Crippen LogP contribution in [0, 0.1) is 11.3 Å². The van der Waals surface area contributed by atoms with E-state index in [1.54, 1.807) is 6.20 Å². The van der Waals surface area contributed by atoms with Crippen molar-refractivity contribution in [2.75, 3.05) is 13.1 Å². The Bertz CT molecular complexity index is 422. The summed E-state index contributed by atoms with van der Waals surface area (Å²) in [5.41, 5.74) is 0.336. The van der Waals surface area contributed by atoms with Gasteiger partial charge in [0.05, 0.1) is 11.1 Å². The molecular weight excluding hydrogens is 230 g/mol. The molecule has 0 radical (unpaired) electrons. The van der Waals surface area contributed by atoms with Crippen molar-refractivity contribution >= 4 is 5.97 Å². The molecule has 2 rings (SSSR count). The highest BCUT2D eigenvalue weighted by Gasteiger charge is 2.47. The first-order valence-electron chi connectivity index (χ1n) is 6.25. The number of carboxylic acid groups (broad SMARTS) is 1. The quantitative estimate of drug-likeness (QED) is 0.874. The summed E-state index contributed by atoms with van der Waals surface area (Å²) in [5.74, 6) is -0.534. The number of hydrogen-bond donors (Lipinski definition) is 1. The SMILES string of the molecule is CC(C)C1(C(=O)O)CCN(Cc2ccncn2)C1. The summed E-state index contributed by atoms with van der Waals surface area (Å²) >= 11 is 0. The number of rotatable bonds is 4. The fourth-order valence-electron chi connectivity index (χ4n) is 2.58. The van der Waals surface area contributed by atoms with Crippen LogP contribution in [0.4, 0.5) is 0 Å². The summed E-state index contributed by atoms with van der Waals surface area (Å²) in [6.45, 7) is 6.09. The predicted octanol–water partition coefficient (Wildman–Crippen LogP) is 1.41. The second kappa shape index (κ2) is 5.02. The molecule has 1 fully saturated rings. The van der Waals surface area contributed by atoms with E-state index < -0.39 is 11.4 Å². The highest BCUT2D eigenvalue weighted by atomic mass is 16.4. The Kier molecular flexibility index (Phi) is 3.61. The molecule has 1 unspecified atom stereocenters. The number of aliphatic carboxylic acids is 1. The van der Waals surface area contributed by atoms with Crippen LogP contribution in [0.2, 0.25) is 0 Å². The van der Waals surface area contributed by atoms with Crippen LogP contribution in [0.3, 0.4) is 0 Å². The number of carboxylic acids is 1. The molecule has 0 aromatic carbocycles. The zero-order valence-electron chi connectivity index (χ0n) is 10.8. The normalized spacial score (nSPS) is 24.6. The molecule has 0 spiro atoms. The van der Waals surface area contributed by atoms with Crippen LogP contribution in [0.5, 0.6) is 0 Å². The lowest BCUT2D eigenvalue weighted by molar-refractivity contribution is -0.151. The summed E-state index contributed by atoms with van der Waals surface area (Å²) in [4.78, 5) is 21.7. The summed E-state index contributed by atoms with van der Waals surface area (Å²) in [6, 6.07) is 1.87. The minimum Gasteiger partial charge on any atom is -0.481 e. The first-order chi connectivity index (χ1) is 8.54. The number of hydrogen-bond acceptors (Lipinski definition) is 4. The van der Waals surface area contributed by atoms with Gasteiger partial charge in [-0.2, -0.15) is 0 Å². The molecule has 18 heavy (non-hydrogen) atoms. The van der Waals surface area contributed by atoms with Crippen molar-refractivity contribution in [3.8, 4) is 0 Å². The van der Waals surface area contributed by atoms with Gasteiger partial charge in [-0.1, -0.05) is 13.8 Å². The molecule has 1 aliphatic rings. The Balaban J connectivity index is 2.06. The van der Waals surface area contributed by atoms with E-state index in [0.29, 0.717) is 19.5 Å². The van der Waals surface area contributed by atoms with Gasteiger partial charge in [0, 0.05) is 19.3 Å². The number of likely N-dealkylation sites (tertiary alicyclic amines) is 1. The van der Waals surface area contributed by atoms with Crippen molar-refractivity contribution < 1.29 is 9.90 Å². The van der Waals surface area contributed by atoms with Crippen LogP contribution in [0.15, 0.2) is 18.6 Å². The van der Waals surface area contributed by atoms with E-state index in [2.05, 4.69) is 14.9 Å². The van der Waals surface area contributed by atoms with E-state index >= 15 is 0 Å². The Morgan fingerprint density at radius 2 is 2.39 bits per heavy atom.